The first kappa shape index (κ1) is 16.0. The van der Waals surface area contributed by atoms with Crippen molar-refractivity contribution in [2.45, 2.75) is 59.4 Å². The van der Waals surface area contributed by atoms with E-state index in [0.717, 1.165) is 18.4 Å². The van der Waals surface area contributed by atoms with Gasteiger partial charge >= 0.3 is 0 Å². The SMILES string of the molecule is CCCNC(c1cc(C)c(Br)cc1C)C1CCCC1C. The molecule has 1 fully saturated rings. The van der Waals surface area contributed by atoms with Crippen LogP contribution in [0.1, 0.15) is 62.3 Å². The molecule has 0 saturated heterocycles. The minimum Gasteiger partial charge on any atom is -0.310 e. The number of hydrogen-bond donors (Lipinski definition) is 1. The highest BCUT2D eigenvalue weighted by Crippen LogP contribution is 2.41. The quantitative estimate of drug-likeness (QED) is 0.743. The lowest BCUT2D eigenvalue weighted by atomic mass is 9.83. The van der Waals surface area contributed by atoms with E-state index in [2.05, 4.69) is 61.1 Å². The van der Waals surface area contributed by atoms with E-state index in [1.165, 1.54) is 46.8 Å². The molecule has 3 unspecified atom stereocenters. The second kappa shape index (κ2) is 7.09. The minimum atomic E-state index is 0.527. The van der Waals surface area contributed by atoms with Gasteiger partial charge in [0.25, 0.3) is 0 Å². The smallest absolute Gasteiger partial charge is 0.0353 e. The van der Waals surface area contributed by atoms with Gasteiger partial charge in [-0.25, -0.2) is 0 Å². The molecule has 2 heteroatoms. The topological polar surface area (TPSA) is 12.0 Å². The monoisotopic (exact) mass is 337 g/mol. The van der Waals surface area contributed by atoms with Crippen LogP contribution in [0.4, 0.5) is 0 Å². The van der Waals surface area contributed by atoms with Gasteiger partial charge in [0, 0.05) is 10.5 Å². The van der Waals surface area contributed by atoms with Crippen LogP contribution < -0.4 is 5.32 Å². The van der Waals surface area contributed by atoms with Crippen LogP contribution in [0.2, 0.25) is 0 Å². The predicted molar refractivity (Wildman–Crippen MR) is 91.2 cm³/mol. The van der Waals surface area contributed by atoms with Gasteiger partial charge in [-0.3, -0.25) is 0 Å². The Labute approximate surface area is 132 Å². The van der Waals surface area contributed by atoms with E-state index < -0.39 is 0 Å². The van der Waals surface area contributed by atoms with E-state index in [1.54, 1.807) is 0 Å². The normalized spacial score (nSPS) is 24.1. The maximum Gasteiger partial charge on any atom is 0.0353 e. The second-order valence-electron chi connectivity index (χ2n) is 6.46. The molecule has 1 saturated carbocycles. The van der Waals surface area contributed by atoms with E-state index in [0.29, 0.717) is 6.04 Å². The highest BCUT2D eigenvalue weighted by atomic mass is 79.9. The maximum atomic E-state index is 3.83. The van der Waals surface area contributed by atoms with E-state index in [4.69, 9.17) is 0 Å². The largest absolute Gasteiger partial charge is 0.310 e. The van der Waals surface area contributed by atoms with Gasteiger partial charge in [0.1, 0.15) is 0 Å². The van der Waals surface area contributed by atoms with E-state index >= 15 is 0 Å². The van der Waals surface area contributed by atoms with Crippen LogP contribution in [0.5, 0.6) is 0 Å². The first-order chi connectivity index (χ1) is 9.54. The molecule has 0 heterocycles. The molecule has 0 bridgehead atoms. The summed E-state index contributed by atoms with van der Waals surface area (Å²) in [6.45, 7) is 10.2. The maximum absolute atomic E-state index is 3.83. The van der Waals surface area contributed by atoms with Gasteiger partial charge in [0.2, 0.25) is 0 Å². The van der Waals surface area contributed by atoms with Crippen LogP contribution in [0.25, 0.3) is 0 Å². The number of nitrogens with one attached hydrogen (secondary N) is 1. The molecule has 0 aliphatic heterocycles. The Kier molecular flexibility index (Phi) is 5.68. The molecule has 0 amide bonds. The molecule has 0 spiro atoms. The fourth-order valence-corrected chi connectivity index (χ4v) is 4.06. The van der Waals surface area contributed by atoms with Gasteiger partial charge in [-0.05, 0) is 67.8 Å². The molecule has 0 aromatic heterocycles. The van der Waals surface area contributed by atoms with Crippen LogP contribution in [-0.2, 0) is 0 Å². The molecule has 1 N–H and O–H groups in total. The van der Waals surface area contributed by atoms with Gasteiger partial charge in [0.15, 0.2) is 0 Å². The zero-order chi connectivity index (χ0) is 14.7. The van der Waals surface area contributed by atoms with Crippen molar-refractivity contribution in [3.05, 3.63) is 33.3 Å². The Balaban J connectivity index is 2.32. The van der Waals surface area contributed by atoms with E-state index in [9.17, 15) is 0 Å². The summed E-state index contributed by atoms with van der Waals surface area (Å²) < 4.78 is 1.23. The predicted octanol–water partition coefficient (Wildman–Crippen LogP) is 5.54. The summed E-state index contributed by atoms with van der Waals surface area (Å²) in [6, 6.07) is 5.20. The van der Waals surface area contributed by atoms with Crippen molar-refractivity contribution in [3.8, 4) is 0 Å². The van der Waals surface area contributed by atoms with Crippen LogP contribution >= 0.6 is 15.9 Å². The summed E-state index contributed by atoms with van der Waals surface area (Å²) in [7, 11) is 0. The lowest BCUT2D eigenvalue weighted by molar-refractivity contribution is 0.301. The van der Waals surface area contributed by atoms with Crippen molar-refractivity contribution >= 4 is 15.9 Å². The van der Waals surface area contributed by atoms with Crippen molar-refractivity contribution in [1.82, 2.24) is 5.32 Å². The zero-order valence-corrected chi connectivity index (χ0v) is 14.9. The zero-order valence-electron chi connectivity index (χ0n) is 13.3. The molecule has 1 aliphatic rings. The van der Waals surface area contributed by atoms with E-state index in [-0.39, 0.29) is 0 Å². The molecule has 1 nitrogen and oxygen atoms in total. The Morgan fingerprint density at radius 3 is 2.60 bits per heavy atom. The lowest BCUT2D eigenvalue weighted by Crippen LogP contribution is -2.31. The number of benzene rings is 1. The van der Waals surface area contributed by atoms with Gasteiger partial charge in [-0.2, -0.15) is 0 Å². The first-order valence-electron chi connectivity index (χ1n) is 8.04. The molecule has 112 valence electrons. The highest BCUT2D eigenvalue weighted by Gasteiger charge is 2.32. The van der Waals surface area contributed by atoms with Gasteiger partial charge in [-0.1, -0.05) is 48.7 Å². The Morgan fingerprint density at radius 2 is 2.00 bits per heavy atom. The lowest BCUT2D eigenvalue weighted by Gasteiger charge is -2.30. The van der Waals surface area contributed by atoms with Crippen molar-refractivity contribution < 1.29 is 0 Å². The number of aryl methyl sites for hydroxylation is 2. The fraction of sp³-hybridized carbons (Fsp3) is 0.667. The van der Waals surface area contributed by atoms with Gasteiger partial charge in [-0.15, -0.1) is 0 Å². The van der Waals surface area contributed by atoms with Gasteiger partial charge in [0.05, 0.1) is 0 Å². The third-order valence-corrected chi connectivity index (χ3v) is 5.71. The average Bonchev–Trinajstić information content (AvgIpc) is 2.82. The molecule has 2 rings (SSSR count). The molecular formula is C18H28BrN. The van der Waals surface area contributed by atoms with Crippen molar-refractivity contribution in [1.29, 1.82) is 0 Å². The molecule has 20 heavy (non-hydrogen) atoms. The van der Waals surface area contributed by atoms with E-state index in [1.807, 2.05) is 0 Å². The molecule has 1 aromatic rings. The molecule has 0 radical (unpaired) electrons. The minimum absolute atomic E-state index is 0.527. The summed E-state index contributed by atoms with van der Waals surface area (Å²) in [6.07, 6.45) is 5.36. The summed E-state index contributed by atoms with van der Waals surface area (Å²) >= 11 is 3.66. The van der Waals surface area contributed by atoms with Crippen molar-refractivity contribution in [2.75, 3.05) is 6.54 Å². The molecule has 1 aliphatic carbocycles. The van der Waals surface area contributed by atoms with Crippen LogP contribution in [0.3, 0.4) is 0 Å². The molecular weight excluding hydrogens is 310 g/mol. The number of halogens is 1. The second-order valence-corrected chi connectivity index (χ2v) is 7.32. The van der Waals surface area contributed by atoms with Crippen LogP contribution in [-0.4, -0.2) is 6.54 Å². The summed E-state index contributed by atoms with van der Waals surface area (Å²) in [5.41, 5.74) is 4.27. The number of rotatable bonds is 5. The van der Waals surface area contributed by atoms with Crippen LogP contribution in [0.15, 0.2) is 16.6 Å². The Hall–Kier alpha value is -0.340. The van der Waals surface area contributed by atoms with Crippen molar-refractivity contribution in [2.24, 2.45) is 11.8 Å². The molecule has 1 aromatic carbocycles. The standard InChI is InChI=1S/C18H28BrN/c1-5-9-20-18(15-8-6-7-12(15)2)16-10-14(4)17(19)11-13(16)3/h10-12,15,18,20H,5-9H2,1-4H3. The average molecular weight is 338 g/mol. The summed E-state index contributed by atoms with van der Waals surface area (Å²) in [5, 5.41) is 3.83. The molecule has 3 atom stereocenters. The highest BCUT2D eigenvalue weighted by molar-refractivity contribution is 9.10. The summed E-state index contributed by atoms with van der Waals surface area (Å²) in [4.78, 5) is 0. The van der Waals surface area contributed by atoms with Gasteiger partial charge < -0.3 is 5.32 Å². The Morgan fingerprint density at radius 1 is 1.25 bits per heavy atom. The summed E-state index contributed by atoms with van der Waals surface area (Å²) in [5.74, 6) is 1.63. The Bertz CT molecular complexity index is 455. The van der Waals surface area contributed by atoms with Crippen LogP contribution in [0, 0.1) is 25.7 Å². The number of hydrogen-bond acceptors (Lipinski definition) is 1. The fourth-order valence-electron chi connectivity index (χ4n) is 3.60. The van der Waals surface area contributed by atoms with Crippen molar-refractivity contribution in [3.63, 3.8) is 0 Å². The third-order valence-electron chi connectivity index (χ3n) is 4.85. The first-order valence-corrected chi connectivity index (χ1v) is 8.84. The third kappa shape index (κ3) is 3.46.